The van der Waals surface area contributed by atoms with Crippen LogP contribution in [0.15, 0.2) is 42.5 Å². The van der Waals surface area contributed by atoms with Gasteiger partial charge >= 0.3 is 5.97 Å². The van der Waals surface area contributed by atoms with Crippen LogP contribution in [0.1, 0.15) is 15.9 Å². The van der Waals surface area contributed by atoms with E-state index in [1.165, 1.54) is 24.3 Å². The van der Waals surface area contributed by atoms with Gasteiger partial charge in [-0.25, -0.2) is 4.79 Å². The number of nitro benzene ring substituents is 1. The Bertz CT molecular complexity index is 880. The summed E-state index contributed by atoms with van der Waals surface area (Å²) in [4.78, 5) is 33.7. The Hall–Kier alpha value is -3.62. The fourth-order valence-electron chi connectivity index (χ4n) is 2.57. The van der Waals surface area contributed by atoms with Gasteiger partial charge in [-0.1, -0.05) is 6.07 Å². The van der Waals surface area contributed by atoms with Gasteiger partial charge in [0.25, 0.3) is 11.6 Å². The van der Waals surface area contributed by atoms with Gasteiger partial charge in [0.05, 0.1) is 10.5 Å². The minimum Gasteiger partial charge on any atom is -0.486 e. The van der Waals surface area contributed by atoms with Gasteiger partial charge in [-0.15, -0.1) is 0 Å². The Morgan fingerprint density at radius 3 is 2.50 bits per heavy atom. The number of esters is 1. The summed E-state index contributed by atoms with van der Waals surface area (Å²) < 4.78 is 15.9. The molecule has 0 saturated heterocycles. The maximum Gasteiger partial charge on any atom is 0.338 e. The summed E-state index contributed by atoms with van der Waals surface area (Å²) in [5.41, 5.74) is 0.982. The highest BCUT2D eigenvalue weighted by Crippen LogP contribution is 2.30. The monoisotopic (exact) mass is 386 g/mol. The molecule has 3 rings (SSSR count). The highest BCUT2D eigenvalue weighted by atomic mass is 16.6. The zero-order valence-electron chi connectivity index (χ0n) is 14.9. The predicted octanol–water partition coefficient (Wildman–Crippen LogP) is 1.88. The van der Waals surface area contributed by atoms with Crippen LogP contribution in [0.3, 0.4) is 0 Å². The SMILES string of the molecule is O=C(COC(=O)c1ccc([N+](=O)[O-])cc1)NCCc1ccc2c(c1)OCCO2. The zero-order chi connectivity index (χ0) is 19.9. The lowest BCUT2D eigenvalue weighted by Gasteiger charge is -2.18. The number of hydrogen-bond acceptors (Lipinski definition) is 7. The smallest absolute Gasteiger partial charge is 0.338 e. The molecule has 0 unspecified atom stereocenters. The van der Waals surface area contributed by atoms with Gasteiger partial charge in [-0.05, 0) is 36.2 Å². The van der Waals surface area contributed by atoms with Crippen LogP contribution in [0, 0.1) is 10.1 Å². The quantitative estimate of drug-likeness (QED) is 0.439. The largest absolute Gasteiger partial charge is 0.486 e. The Labute approximate surface area is 160 Å². The van der Waals surface area contributed by atoms with Crippen LogP contribution in [-0.4, -0.2) is 43.2 Å². The first-order valence-corrected chi connectivity index (χ1v) is 8.60. The Morgan fingerprint density at radius 1 is 1.07 bits per heavy atom. The summed E-state index contributed by atoms with van der Waals surface area (Å²) in [6, 6.07) is 10.6. The molecule has 0 aromatic heterocycles. The third kappa shape index (κ3) is 4.97. The van der Waals surface area contributed by atoms with Gasteiger partial charge in [0.15, 0.2) is 18.1 Å². The third-order valence-corrected chi connectivity index (χ3v) is 3.99. The van der Waals surface area contributed by atoms with E-state index in [9.17, 15) is 19.7 Å². The molecular weight excluding hydrogens is 368 g/mol. The lowest BCUT2D eigenvalue weighted by Crippen LogP contribution is -2.30. The predicted molar refractivity (Wildman–Crippen MR) is 97.5 cm³/mol. The average Bonchev–Trinajstić information content (AvgIpc) is 2.72. The molecule has 28 heavy (non-hydrogen) atoms. The van der Waals surface area contributed by atoms with E-state index in [1.54, 1.807) is 0 Å². The van der Waals surface area contributed by atoms with E-state index >= 15 is 0 Å². The molecule has 0 spiro atoms. The van der Waals surface area contributed by atoms with E-state index < -0.39 is 23.4 Å². The van der Waals surface area contributed by atoms with Crippen LogP contribution in [-0.2, 0) is 16.0 Å². The highest BCUT2D eigenvalue weighted by molar-refractivity contribution is 5.91. The summed E-state index contributed by atoms with van der Waals surface area (Å²) >= 11 is 0. The molecule has 0 fully saturated rings. The number of amides is 1. The second-order valence-corrected chi connectivity index (χ2v) is 5.96. The van der Waals surface area contributed by atoms with Crippen LogP contribution in [0.4, 0.5) is 5.69 Å². The molecule has 146 valence electrons. The maximum atomic E-state index is 11.9. The van der Waals surface area contributed by atoms with Crippen molar-refractivity contribution in [1.29, 1.82) is 0 Å². The lowest BCUT2D eigenvalue weighted by molar-refractivity contribution is -0.384. The summed E-state index contributed by atoms with van der Waals surface area (Å²) in [6.07, 6.45) is 0.582. The van der Waals surface area contributed by atoms with Crippen molar-refractivity contribution < 1.29 is 28.7 Å². The molecule has 2 aromatic rings. The Balaban J connectivity index is 1.40. The average molecular weight is 386 g/mol. The number of hydrogen-bond donors (Lipinski definition) is 1. The lowest BCUT2D eigenvalue weighted by atomic mass is 10.1. The van der Waals surface area contributed by atoms with Gasteiger partial charge in [-0.2, -0.15) is 0 Å². The number of nitro groups is 1. The maximum absolute atomic E-state index is 11.9. The molecule has 9 nitrogen and oxygen atoms in total. The molecular formula is C19H18N2O7. The molecule has 0 radical (unpaired) electrons. The number of non-ortho nitro benzene ring substituents is 1. The molecule has 0 saturated carbocycles. The number of nitrogens with zero attached hydrogens (tertiary/aromatic N) is 1. The minimum absolute atomic E-state index is 0.131. The molecule has 1 amide bonds. The molecule has 2 aromatic carbocycles. The fourth-order valence-corrected chi connectivity index (χ4v) is 2.57. The van der Waals surface area contributed by atoms with Crippen LogP contribution < -0.4 is 14.8 Å². The summed E-state index contributed by atoms with van der Waals surface area (Å²) in [6.45, 7) is 0.971. The highest BCUT2D eigenvalue weighted by Gasteiger charge is 2.13. The zero-order valence-corrected chi connectivity index (χ0v) is 14.9. The van der Waals surface area contributed by atoms with Crippen molar-refractivity contribution >= 4 is 17.6 Å². The van der Waals surface area contributed by atoms with Gasteiger partial charge in [0, 0.05) is 18.7 Å². The van der Waals surface area contributed by atoms with E-state index in [-0.39, 0.29) is 11.3 Å². The Morgan fingerprint density at radius 2 is 1.79 bits per heavy atom. The van der Waals surface area contributed by atoms with Crippen molar-refractivity contribution in [3.05, 3.63) is 63.7 Å². The third-order valence-electron chi connectivity index (χ3n) is 3.99. The van der Waals surface area contributed by atoms with Crippen molar-refractivity contribution in [1.82, 2.24) is 5.32 Å². The fraction of sp³-hybridized carbons (Fsp3) is 0.263. The first kappa shape index (κ1) is 19.2. The molecule has 1 N–H and O–H groups in total. The number of benzene rings is 2. The topological polar surface area (TPSA) is 117 Å². The molecule has 0 bridgehead atoms. The van der Waals surface area contributed by atoms with Crippen molar-refractivity contribution in [2.24, 2.45) is 0 Å². The molecule has 1 aliphatic heterocycles. The summed E-state index contributed by atoms with van der Waals surface area (Å²) in [5.74, 6) is 0.231. The van der Waals surface area contributed by atoms with Gasteiger partial charge in [0.2, 0.25) is 0 Å². The first-order valence-electron chi connectivity index (χ1n) is 8.60. The van der Waals surface area contributed by atoms with E-state index in [0.29, 0.717) is 37.7 Å². The molecule has 1 heterocycles. The first-order chi connectivity index (χ1) is 13.5. The van der Waals surface area contributed by atoms with E-state index in [0.717, 1.165) is 5.56 Å². The van der Waals surface area contributed by atoms with Crippen molar-refractivity contribution in [2.45, 2.75) is 6.42 Å². The number of ether oxygens (including phenoxy) is 3. The minimum atomic E-state index is -0.725. The van der Waals surface area contributed by atoms with Crippen molar-refractivity contribution in [3.8, 4) is 11.5 Å². The number of carbonyl (C=O) groups excluding carboxylic acids is 2. The van der Waals surface area contributed by atoms with E-state index in [2.05, 4.69) is 5.32 Å². The van der Waals surface area contributed by atoms with E-state index in [4.69, 9.17) is 14.2 Å². The Kier molecular flexibility index (Phi) is 6.05. The van der Waals surface area contributed by atoms with Crippen LogP contribution >= 0.6 is 0 Å². The van der Waals surface area contributed by atoms with Gasteiger partial charge < -0.3 is 19.5 Å². The van der Waals surface area contributed by atoms with Crippen LogP contribution in [0.25, 0.3) is 0 Å². The van der Waals surface area contributed by atoms with Crippen LogP contribution in [0.2, 0.25) is 0 Å². The summed E-state index contributed by atoms with van der Waals surface area (Å²) in [5, 5.41) is 13.3. The number of carbonyl (C=O) groups is 2. The van der Waals surface area contributed by atoms with E-state index in [1.807, 2.05) is 18.2 Å². The van der Waals surface area contributed by atoms with Crippen molar-refractivity contribution in [2.75, 3.05) is 26.4 Å². The number of fused-ring (bicyclic) bond motifs is 1. The molecule has 1 aliphatic rings. The second-order valence-electron chi connectivity index (χ2n) is 5.96. The van der Waals surface area contributed by atoms with Crippen LogP contribution in [0.5, 0.6) is 11.5 Å². The number of rotatable bonds is 7. The van der Waals surface area contributed by atoms with Gasteiger partial charge in [0.1, 0.15) is 13.2 Å². The van der Waals surface area contributed by atoms with Crippen molar-refractivity contribution in [3.63, 3.8) is 0 Å². The molecule has 0 aliphatic carbocycles. The normalized spacial score (nSPS) is 12.1. The number of nitrogens with one attached hydrogen (secondary N) is 1. The standard InChI is InChI=1S/C19H18N2O7/c22-18(12-28-19(23)14-2-4-15(5-3-14)21(24)25)20-8-7-13-1-6-16-17(11-13)27-10-9-26-16/h1-6,11H,7-10,12H2,(H,20,22). The van der Waals surface area contributed by atoms with Gasteiger partial charge in [-0.3, -0.25) is 14.9 Å². The molecule has 0 atom stereocenters. The summed E-state index contributed by atoms with van der Waals surface area (Å²) in [7, 11) is 0. The second kappa shape index (κ2) is 8.85. The molecule has 9 heteroatoms.